The largest absolute Gasteiger partial charge is 0.357 e. The Morgan fingerprint density at radius 3 is 2.43 bits per heavy atom. The number of pyridine rings is 1. The topological polar surface area (TPSA) is 51.7 Å². The first-order chi connectivity index (χ1) is 13.4. The molecule has 1 saturated carbocycles. The molecule has 28 heavy (non-hydrogen) atoms. The number of carbonyl (C=O) groups excluding carboxylic acids is 1. The molecule has 3 rings (SSSR count). The predicted molar refractivity (Wildman–Crippen MR) is 114 cm³/mol. The molecule has 0 bridgehead atoms. The highest BCUT2D eigenvalue weighted by Gasteiger charge is 2.27. The standard InChI is InChI=1S/C22H37N5O/c1-17(2)25(4)21-10-9-19(15-23-21)16-26-11-13-27(14-12-26)18(3)22(28)24-20-7-5-6-8-20/h9-10,15,17-18,20H,5-8,11-14,16H2,1-4H3,(H,24,28). The van der Waals surface area contributed by atoms with Gasteiger partial charge in [0.1, 0.15) is 5.82 Å². The minimum Gasteiger partial charge on any atom is -0.357 e. The van der Waals surface area contributed by atoms with Crippen LogP contribution in [-0.2, 0) is 11.3 Å². The summed E-state index contributed by atoms with van der Waals surface area (Å²) in [6.07, 6.45) is 6.79. The number of rotatable bonds is 7. The van der Waals surface area contributed by atoms with Crippen LogP contribution in [0.15, 0.2) is 18.3 Å². The van der Waals surface area contributed by atoms with E-state index in [1.54, 1.807) is 0 Å². The Labute approximate surface area is 170 Å². The molecule has 2 heterocycles. The number of hydrogen-bond acceptors (Lipinski definition) is 5. The van der Waals surface area contributed by atoms with Gasteiger partial charge in [-0.15, -0.1) is 0 Å². The Kier molecular flexibility index (Phi) is 7.30. The molecule has 1 amide bonds. The van der Waals surface area contributed by atoms with E-state index < -0.39 is 0 Å². The number of aromatic nitrogens is 1. The Morgan fingerprint density at radius 1 is 1.18 bits per heavy atom. The molecule has 1 saturated heterocycles. The summed E-state index contributed by atoms with van der Waals surface area (Å²) in [5, 5.41) is 3.24. The SMILES string of the molecule is CC(C(=O)NC1CCCC1)N1CCN(Cc2ccc(N(C)C(C)C)nc2)CC1. The Balaban J connectivity index is 1.44. The van der Waals surface area contributed by atoms with E-state index >= 15 is 0 Å². The summed E-state index contributed by atoms with van der Waals surface area (Å²) in [6, 6.07) is 5.11. The fraction of sp³-hybridized carbons (Fsp3) is 0.727. The highest BCUT2D eigenvalue weighted by molar-refractivity contribution is 5.81. The molecule has 1 unspecified atom stereocenters. The van der Waals surface area contributed by atoms with Crippen molar-refractivity contribution in [3.05, 3.63) is 23.9 Å². The maximum Gasteiger partial charge on any atom is 0.237 e. The molecule has 1 aliphatic heterocycles. The number of nitrogens with zero attached hydrogens (tertiary/aromatic N) is 4. The van der Waals surface area contributed by atoms with Crippen molar-refractivity contribution in [3.63, 3.8) is 0 Å². The molecule has 6 heteroatoms. The average molecular weight is 388 g/mol. The molecular formula is C22H37N5O. The van der Waals surface area contributed by atoms with Crippen LogP contribution >= 0.6 is 0 Å². The second-order valence-electron chi connectivity index (χ2n) is 8.71. The van der Waals surface area contributed by atoms with Crippen LogP contribution < -0.4 is 10.2 Å². The fourth-order valence-electron chi connectivity index (χ4n) is 4.11. The van der Waals surface area contributed by atoms with Crippen molar-refractivity contribution < 1.29 is 4.79 Å². The first-order valence-corrected chi connectivity index (χ1v) is 10.9. The minimum atomic E-state index is -0.0322. The van der Waals surface area contributed by atoms with Crippen molar-refractivity contribution in [2.75, 3.05) is 38.1 Å². The van der Waals surface area contributed by atoms with Gasteiger partial charge in [-0.3, -0.25) is 14.6 Å². The summed E-state index contributed by atoms with van der Waals surface area (Å²) in [7, 11) is 2.08. The number of anilines is 1. The lowest BCUT2D eigenvalue weighted by molar-refractivity contribution is -0.127. The highest BCUT2D eigenvalue weighted by Crippen LogP contribution is 2.18. The van der Waals surface area contributed by atoms with Crippen LogP contribution in [0.3, 0.4) is 0 Å². The molecule has 2 fully saturated rings. The lowest BCUT2D eigenvalue weighted by Gasteiger charge is -2.37. The zero-order valence-corrected chi connectivity index (χ0v) is 18.0. The number of hydrogen-bond donors (Lipinski definition) is 1. The summed E-state index contributed by atoms with van der Waals surface area (Å²) >= 11 is 0. The zero-order chi connectivity index (χ0) is 20.1. The van der Waals surface area contributed by atoms with E-state index in [-0.39, 0.29) is 11.9 Å². The molecule has 2 aliphatic rings. The molecule has 0 aromatic carbocycles. The summed E-state index contributed by atoms with van der Waals surface area (Å²) in [4.78, 5) is 24.1. The number of amides is 1. The van der Waals surface area contributed by atoms with Gasteiger partial charge in [-0.2, -0.15) is 0 Å². The fourth-order valence-corrected chi connectivity index (χ4v) is 4.11. The maximum atomic E-state index is 12.5. The van der Waals surface area contributed by atoms with E-state index in [1.807, 2.05) is 13.1 Å². The van der Waals surface area contributed by atoms with E-state index in [9.17, 15) is 4.79 Å². The van der Waals surface area contributed by atoms with E-state index in [4.69, 9.17) is 0 Å². The first-order valence-electron chi connectivity index (χ1n) is 10.9. The summed E-state index contributed by atoms with van der Waals surface area (Å²) in [5.41, 5.74) is 1.25. The monoisotopic (exact) mass is 387 g/mol. The molecule has 0 spiro atoms. The minimum absolute atomic E-state index is 0.0322. The van der Waals surface area contributed by atoms with Crippen molar-refractivity contribution in [1.82, 2.24) is 20.1 Å². The molecule has 0 radical (unpaired) electrons. The molecule has 1 aromatic heterocycles. The first kappa shape index (κ1) is 21.1. The van der Waals surface area contributed by atoms with Gasteiger partial charge in [0, 0.05) is 58.1 Å². The van der Waals surface area contributed by atoms with Crippen LogP contribution in [0.5, 0.6) is 0 Å². The number of nitrogens with one attached hydrogen (secondary N) is 1. The lowest BCUT2D eigenvalue weighted by atomic mass is 10.1. The smallest absolute Gasteiger partial charge is 0.237 e. The van der Waals surface area contributed by atoms with Crippen molar-refractivity contribution in [2.45, 2.75) is 71.1 Å². The van der Waals surface area contributed by atoms with Crippen LogP contribution in [0, 0.1) is 0 Å². The second-order valence-corrected chi connectivity index (χ2v) is 8.71. The van der Waals surface area contributed by atoms with Gasteiger partial charge in [0.15, 0.2) is 0 Å². The van der Waals surface area contributed by atoms with Crippen LogP contribution in [-0.4, -0.2) is 72.0 Å². The normalized spacial score (nSPS) is 20.5. The van der Waals surface area contributed by atoms with E-state index in [2.05, 4.69) is 58.0 Å². The molecule has 1 aromatic rings. The quantitative estimate of drug-likeness (QED) is 0.779. The van der Waals surface area contributed by atoms with Gasteiger partial charge in [-0.05, 0) is 45.2 Å². The number of piperazine rings is 1. The third-order valence-electron chi connectivity index (χ3n) is 6.39. The molecule has 1 atom stereocenters. The molecule has 1 N–H and O–H groups in total. The van der Waals surface area contributed by atoms with Gasteiger partial charge < -0.3 is 10.2 Å². The van der Waals surface area contributed by atoms with Gasteiger partial charge in [0.05, 0.1) is 6.04 Å². The molecule has 6 nitrogen and oxygen atoms in total. The third kappa shape index (κ3) is 5.45. The summed E-state index contributed by atoms with van der Waals surface area (Å²) < 4.78 is 0. The van der Waals surface area contributed by atoms with Gasteiger partial charge in [-0.1, -0.05) is 18.9 Å². The molecule has 156 valence electrons. The summed E-state index contributed by atoms with van der Waals surface area (Å²) in [6.45, 7) is 11.2. The van der Waals surface area contributed by atoms with Crippen molar-refractivity contribution >= 4 is 11.7 Å². The lowest BCUT2D eigenvalue weighted by Crippen LogP contribution is -2.54. The Hall–Kier alpha value is -1.66. The molecular weight excluding hydrogens is 350 g/mol. The van der Waals surface area contributed by atoms with E-state index in [0.717, 1.165) is 51.4 Å². The number of carbonyl (C=O) groups is 1. The van der Waals surface area contributed by atoms with Crippen molar-refractivity contribution in [2.24, 2.45) is 0 Å². The van der Waals surface area contributed by atoms with Gasteiger partial charge >= 0.3 is 0 Å². The van der Waals surface area contributed by atoms with Crippen LogP contribution in [0.2, 0.25) is 0 Å². The predicted octanol–water partition coefficient (Wildman–Crippen LogP) is 2.49. The van der Waals surface area contributed by atoms with Crippen molar-refractivity contribution in [3.8, 4) is 0 Å². The second kappa shape index (κ2) is 9.70. The van der Waals surface area contributed by atoms with Gasteiger partial charge in [0.25, 0.3) is 0 Å². The van der Waals surface area contributed by atoms with Crippen LogP contribution in [0.1, 0.15) is 52.0 Å². The maximum absolute atomic E-state index is 12.5. The highest BCUT2D eigenvalue weighted by atomic mass is 16.2. The Morgan fingerprint density at radius 2 is 1.86 bits per heavy atom. The zero-order valence-electron chi connectivity index (χ0n) is 18.0. The van der Waals surface area contributed by atoms with E-state index in [1.165, 1.54) is 18.4 Å². The third-order valence-corrected chi connectivity index (χ3v) is 6.39. The van der Waals surface area contributed by atoms with Crippen molar-refractivity contribution in [1.29, 1.82) is 0 Å². The molecule has 1 aliphatic carbocycles. The van der Waals surface area contributed by atoms with Crippen LogP contribution in [0.4, 0.5) is 5.82 Å². The Bertz CT molecular complexity index is 618. The summed E-state index contributed by atoms with van der Waals surface area (Å²) in [5.74, 6) is 1.22. The van der Waals surface area contributed by atoms with Gasteiger partial charge in [0.2, 0.25) is 5.91 Å². The van der Waals surface area contributed by atoms with Gasteiger partial charge in [-0.25, -0.2) is 4.98 Å². The van der Waals surface area contributed by atoms with Crippen LogP contribution in [0.25, 0.3) is 0 Å². The average Bonchev–Trinajstić information content (AvgIpc) is 3.21. The van der Waals surface area contributed by atoms with E-state index in [0.29, 0.717) is 12.1 Å².